The number of morpholine rings is 1. The van der Waals surface area contributed by atoms with Crippen molar-refractivity contribution in [1.82, 2.24) is 0 Å². The molecule has 158 valence electrons. The van der Waals surface area contributed by atoms with Crippen LogP contribution in [0.25, 0.3) is 0 Å². The highest BCUT2D eigenvalue weighted by molar-refractivity contribution is 5.96. The van der Waals surface area contributed by atoms with Crippen molar-refractivity contribution >= 4 is 28.9 Å². The first-order chi connectivity index (χ1) is 14.3. The van der Waals surface area contributed by atoms with Crippen LogP contribution >= 0.6 is 0 Å². The number of ether oxygens (including phenoxy) is 2. The van der Waals surface area contributed by atoms with E-state index in [1.165, 1.54) is 18.2 Å². The number of nitro groups is 1. The monoisotopic (exact) mass is 413 g/mol. The number of rotatable bonds is 6. The number of carbonyl (C=O) groups excluding carboxylic acids is 2. The molecule has 1 N–H and O–H groups in total. The molecule has 2 aromatic rings. The van der Waals surface area contributed by atoms with E-state index in [9.17, 15) is 19.7 Å². The Hall–Kier alpha value is -3.46. The van der Waals surface area contributed by atoms with Crippen molar-refractivity contribution in [2.75, 3.05) is 43.1 Å². The molecule has 0 bridgehead atoms. The van der Waals surface area contributed by atoms with E-state index in [2.05, 4.69) is 5.32 Å². The number of carbonyl (C=O) groups is 2. The van der Waals surface area contributed by atoms with Gasteiger partial charge in [-0.15, -0.1) is 0 Å². The van der Waals surface area contributed by atoms with Gasteiger partial charge in [0.15, 0.2) is 6.61 Å². The van der Waals surface area contributed by atoms with Gasteiger partial charge in [-0.2, -0.15) is 0 Å². The van der Waals surface area contributed by atoms with E-state index in [0.29, 0.717) is 37.7 Å². The van der Waals surface area contributed by atoms with E-state index in [1.54, 1.807) is 6.07 Å². The fourth-order valence-electron chi connectivity index (χ4n) is 3.10. The summed E-state index contributed by atoms with van der Waals surface area (Å²) in [7, 11) is 0. The molecule has 0 unspecified atom stereocenters. The number of nitro benzene ring substituents is 1. The SMILES string of the molecule is Cc1ccc(NC(=O)COC(=O)c2ccc(N3CCOCC3)c([N+](=O)[O-])c2)cc1C. The minimum Gasteiger partial charge on any atom is -0.452 e. The molecule has 0 atom stereocenters. The van der Waals surface area contributed by atoms with E-state index in [-0.39, 0.29) is 11.3 Å². The average Bonchev–Trinajstić information content (AvgIpc) is 2.74. The maximum absolute atomic E-state index is 12.3. The van der Waals surface area contributed by atoms with Crippen LogP contribution < -0.4 is 10.2 Å². The zero-order valence-electron chi connectivity index (χ0n) is 16.8. The summed E-state index contributed by atoms with van der Waals surface area (Å²) >= 11 is 0. The standard InChI is InChI=1S/C21H23N3O6/c1-14-3-5-17(11-15(14)2)22-20(25)13-30-21(26)16-4-6-18(19(12-16)24(27)28)23-7-9-29-10-8-23/h3-6,11-12H,7-10,13H2,1-2H3,(H,22,25). The van der Waals surface area contributed by atoms with Crippen molar-refractivity contribution in [1.29, 1.82) is 0 Å². The highest BCUT2D eigenvalue weighted by atomic mass is 16.6. The zero-order chi connectivity index (χ0) is 21.7. The lowest BCUT2D eigenvalue weighted by Gasteiger charge is -2.28. The normalized spacial score (nSPS) is 13.6. The van der Waals surface area contributed by atoms with Gasteiger partial charge >= 0.3 is 5.97 Å². The molecule has 2 aromatic carbocycles. The first-order valence-corrected chi connectivity index (χ1v) is 9.50. The molecule has 9 heteroatoms. The summed E-state index contributed by atoms with van der Waals surface area (Å²) in [4.78, 5) is 37.2. The van der Waals surface area contributed by atoms with Gasteiger partial charge in [0.25, 0.3) is 11.6 Å². The van der Waals surface area contributed by atoms with Crippen molar-refractivity contribution < 1.29 is 24.0 Å². The molecule has 1 fully saturated rings. The zero-order valence-corrected chi connectivity index (χ0v) is 16.8. The summed E-state index contributed by atoms with van der Waals surface area (Å²) in [5.74, 6) is -1.30. The number of amides is 1. The minimum atomic E-state index is -0.804. The highest BCUT2D eigenvalue weighted by Gasteiger charge is 2.24. The summed E-state index contributed by atoms with van der Waals surface area (Å²) in [5, 5.41) is 14.1. The molecular weight excluding hydrogens is 390 g/mol. The molecule has 3 rings (SSSR count). The Kier molecular flexibility index (Phi) is 6.63. The average molecular weight is 413 g/mol. The minimum absolute atomic E-state index is 0.0117. The van der Waals surface area contributed by atoms with Crippen molar-refractivity contribution in [2.24, 2.45) is 0 Å². The summed E-state index contributed by atoms with van der Waals surface area (Å²) in [6.45, 7) is 5.43. The van der Waals surface area contributed by atoms with E-state index < -0.39 is 23.4 Å². The van der Waals surface area contributed by atoms with Crippen LogP contribution in [0.15, 0.2) is 36.4 Å². The van der Waals surface area contributed by atoms with E-state index in [0.717, 1.165) is 11.1 Å². The second kappa shape index (κ2) is 9.36. The molecule has 1 aliphatic heterocycles. The van der Waals surface area contributed by atoms with Crippen molar-refractivity contribution in [3.63, 3.8) is 0 Å². The van der Waals surface area contributed by atoms with Crippen molar-refractivity contribution in [3.05, 3.63) is 63.2 Å². The fraction of sp³-hybridized carbons (Fsp3) is 0.333. The molecule has 0 radical (unpaired) electrons. The number of hydrogen-bond acceptors (Lipinski definition) is 7. The number of hydrogen-bond donors (Lipinski definition) is 1. The van der Waals surface area contributed by atoms with Crippen molar-refractivity contribution in [2.45, 2.75) is 13.8 Å². The van der Waals surface area contributed by atoms with Gasteiger partial charge in [0.05, 0.1) is 23.7 Å². The molecule has 0 saturated carbocycles. The van der Waals surface area contributed by atoms with Gasteiger partial charge in [-0.1, -0.05) is 6.07 Å². The van der Waals surface area contributed by atoms with Gasteiger partial charge in [0, 0.05) is 24.8 Å². The summed E-state index contributed by atoms with van der Waals surface area (Å²) in [6.07, 6.45) is 0. The molecule has 1 amide bonds. The quantitative estimate of drug-likeness (QED) is 0.440. The third kappa shape index (κ3) is 5.12. The molecule has 1 aliphatic rings. The lowest BCUT2D eigenvalue weighted by Crippen LogP contribution is -2.36. The topological polar surface area (TPSA) is 111 Å². The Morgan fingerprint density at radius 2 is 1.87 bits per heavy atom. The lowest BCUT2D eigenvalue weighted by molar-refractivity contribution is -0.384. The van der Waals surface area contributed by atoms with Gasteiger partial charge in [0.1, 0.15) is 5.69 Å². The van der Waals surface area contributed by atoms with Crippen LogP contribution in [0.1, 0.15) is 21.5 Å². The number of nitrogens with zero attached hydrogens (tertiary/aromatic N) is 2. The van der Waals surface area contributed by atoms with Gasteiger partial charge in [0.2, 0.25) is 0 Å². The molecule has 1 saturated heterocycles. The summed E-state index contributed by atoms with van der Waals surface area (Å²) in [6, 6.07) is 9.62. The van der Waals surface area contributed by atoms with Gasteiger partial charge in [-0.05, 0) is 49.2 Å². The predicted octanol–water partition coefficient (Wildman–Crippen LogP) is 2.84. The van der Waals surface area contributed by atoms with Crippen LogP contribution in [0.2, 0.25) is 0 Å². The number of aryl methyl sites for hydroxylation is 2. The molecule has 0 spiro atoms. The lowest BCUT2D eigenvalue weighted by atomic mass is 10.1. The third-order valence-corrected chi connectivity index (χ3v) is 4.88. The smallest absolute Gasteiger partial charge is 0.338 e. The van der Waals surface area contributed by atoms with Crippen molar-refractivity contribution in [3.8, 4) is 0 Å². The number of nitrogens with one attached hydrogen (secondary N) is 1. The second-order valence-electron chi connectivity index (χ2n) is 6.98. The number of anilines is 2. The molecular formula is C21H23N3O6. The third-order valence-electron chi connectivity index (χ3n) is 4.88. The second-order valence-corrected chi connectivity index (χ2v) is 6.98. The Balaban J connectivity index is 1.64. The van der Waals surface area contributed by atoms with Gasteiger partial charge in [-0.25, -0.2) is 4.79 Å². The van der Waals surface area contributed by atoms with Gasteiger partial charge < -0.3 is 19.7 Å². The van der Waals surface area contributed by atoms with Crippen LogP contribution in [0.5, 0.6) is 0 Å². The van der Waals surface area contributed by atoms with Crippen LogP contribution in [0.3, 0.4) is 0 Å². The molecule has 0 aromatic heterocycles. The largest absolute Gasteiger partial charge is 0.452 e. The molecule has 9 nitrogen and oxygen atoms in total. The number of benzene rings is 2. The number of esters is 1. The Labute approximate surface area is 173 Å². The Bertz CT molecular complexity index is 969. The Morgan fingerprint density at radius 1 is 1.13 bits per heavy atom. The van der Waals surface area contributed by atoms with Crippen LogP contribution in [-0.2, 0) is 14.3 Å². The first kappa shape index (κ1) is 21.3. The van der Waals surface area contributed by atoms with Crippen LogP contribution in [0.4, 0.5) is 17.1 Å². The van der Waals surface area contributed by atoms with E-state index >= 15 is 0 Å². The molecule has 1 heterocycles. The first-order valence-electron chi connectivity index (χ1n) is 9.50. The van der Waals surface area contributed by atoms with E-state index in [4.69, 9.17) is 9.47 Å². The molecule has 30 heavy (non-hydrogen) atoms. The maximum atomic E-state index is 12.3. The van der Waals surface area contributed by atoms with Crippen LogP contribution in [0, 0.1) is 24.0 Å². The Morgan fingerprint density at radius 3 is 2.53 bits per heavy atom. The highest BCUT2D eigenvalue weighted by Crippen LogP contribution is 2.30. The van der Waals surface area contributed by atoms with Crippen LogP contribution in [-0.4, -0.2) is 49.7 Å². The maximum Gasteiger partial charge on any atom is 0.338 e. The predicted molar refractivity (Wildman–Crippen MR) is 111 cm³/mol. The van der Waals surface area contributed by atoms with E-state index in [1.807, 2.05) is 30.9 Å². The van der Waals surface area contributed by atoms with Gasteiger partial charge in [-0.3, -0.25) is 14.9 Å². The summed E-state index contributed by atoms with van der Waals surface area (Å²) < 4.78 is 10.3. The molecule has 0 aliphatic carbocycles. The summed E-state index contributed by atoms with van der Waals surface area (Å²) in [5.41, 5.74) is 2.97. The fourth-order valence-corrected chi connectivity index (χ4v) is 3.10.